The first-order chi connectivity index (χ1) is 14.5. The number of aliphatic carboxylic acids is 1. The Kier molecular flexibility index (Phi) is 6.77. The summed E-state index contributed by atoms with van der Waals surface area (Å²) in [5.74, 6) is -0.884. The van der Waals surface area contributed by atoms with E-state index in [0.717, 1.165) is 37.5 Å². The van der Waals surface area contributed by atoms with Crippen LogP contribution in [-0.2, 0) is 21.4 Å². The van der Waals surface area contributed by atoms with Crippen molar-refractivity contribution in [2.24, 2.45) is 0 Å². The van der Waals surface area contributed by atoms with E-state index in [9.17, 15) is 21.6 Å². The third-order valence-corrected chi connectivity index (χ3v) is 7.33. The monoisotopic (exact) mass is 460 g/mol. The average molecular weight is 460 g/mol. The Morgan fingerprint density at radius 2 is 1.71 bits per heavy atom. The minimum atomic E-state index is -5.08. The van der Waals surface area contributed by atoms with Crippen LogP contribution >= 0.6 is 0 Å². The number of likely N-dealkylation sites (tertiary alicyclic amines) is 1. The number of halogens is 3. The van der Waals surface area contributed by atoms with E-state index >= 15 is 0 Å². The van der Waals surface area contributed by atoms with Crippen molar-refractivity contribution in [3.8, 4) is 0 Å². The second-order valence-corrected chi connectivity index (χ2v) is 9.32. The van der Waals surface area contributed by atoms with Crippen LogP contribution in [0.2, 0.25) is 0 Å². The molecule has 0 spiro atoms. The summed E-state index contributed by atoms with van der Waals surface area (Å²) < 4.78 is 65.0. The zero-order valence-electron chi connectivity index (χ0n) is 16.7. The molecule has 11 heteroatoms. The number of hydrogen-bond acceptors (Lipinski definition) is 5. The van der Waals surface area contributed by atoms with Crippen LogP contribution in [0, 0.1) is 6.92 Å². The maximum absolute atomic E-state index is 12.9. The van der Waals surface area contributed by atoms with Gasteiger partial charge in [-0.25, -0.2) is 13.2 Å². The predicted octanol–water partition coefficient (Wildman–Crippen LogP) is 3.26. The maximum Gasteiger partial charge on any atom is 0.490 e. The van der Waals surface area contributed by atoms with E-state index in [1.54, 1.807) is 28.6 Å². The lowest BCUT2D eigenvalue weighted by Crippen LogP contribution is -2.39. The van der Waals surface area contributed by atoms with Gasteiger partial charge in [0.2, 0.25) is 10.0 Å². The van der Waals surface area contributed by atoms with Gasteiger partial charge in [0.15, 0.2) is 0 Å². The third kappa shape index (κ3) is 5.28. The normalized spacial score (nSPS) is 22.1. The van der Waals surface area contributed by atoms with Crippen LogP contribution in [0.4, 0.5) is 13.2 Å². The fourth-order valence-electron chi connectivity index (χ4n) is 4.03. The summed E-state index contributed by atoms with van der Waals surface area (Å²) in [5, 5.41) is 7.12. The van der Waals surface area contributed by atoms with Crippen molar-refractivity contribution in [2.75, 3.05) is 13.1 Å². The molecule has 0 amide bonds. The second-order valence-electron chi connectivity index (χ2n) is 7.43. The molecule has 3 heterocycles. The molecule has 2 fully saturated rings. The fraction of sp³-hybridized carbons (Fsp3) is 0.450. The molecule has 2 aromatic rings. The van der Waals surface area contributed by atoms with Crippen molar-refractivity contribution in [1.29, 1.82) is 0 Å². The molecular formula is C20H23F3N2O5S. The molecule has 0 unspecified atom stereocenters. The molecule has 1 aromatic heterocycles. The number of carboxylic acids is 1. The molecule has 0 bridgehead atoms. The van der Waals surface area contributed by atoms with Gasteiger partial charge in [-0.15, -0.1) is 0 Å². The van der Waals surface area contributed by atoms with Gasteiger partial charge in [0.25, 0.3) is 0 Å². The summed E-state index contributed by atoms with van der Waals surface area (Å²) in [7, 11) is -3.40. The maximum atomic E-state index is 12.9. The molecule has 2 atom stereocenters. The van der Waals surface area contributed by atoms with Crippen LogP contribution in [-0.4, -0.2) is 60.0 Å². The summed E-state index contributed by atoms with van der Waals surface area (Å²) in [6.07, 6.45) is -3.31. The van der Waals surface area contributed by atoms with Crippen molar-refractivity contribution >= 4 is 16.0 Å². The molecule has 0 aliphatic carbocycles. The highest BCUT2D eigenvalue weighted by Gasteiger charge is 2.47. The zero-order chi connectivity index (χ0) is 22.8. The van der Waals surface area contributed by atoms with Crippen LogP contribution in [0.1, 0.15) is 24.4 Å². The van der Waals surface area contributed by atoms with E-state index in [1.807, 2.05) is 25.1 Å². The highest BCUT2D eigenvalue weighted by Crippen LogP contribution is 2.36. The number of sulfonamides is 1. The molecule has 2 aliphatic heterocycles. The molecule has 0 saturated carbocycles. The lowest BCUT2D eigenvalue weighted by molar-refractivity contribution is -0.192. The van der Waals surface area contributed by atoms with E-state index in [-0.39, 0.29) is 12.1 Å². The first kappa shape index (κ1) is 23.3. The van der Waals surface area contributed by atoms with E-state index in [2.05, 4.69) is 4.90 Å². The summed E-state index contributed by atoms with van der Waals surface area (Å²) >= 11 is 0. The third-order valence-electron chi connectivity index (χ3n) is 5.39. The van der Waals surface area contributed by atoms with Gasteiger partial charge in [-0.2, -0.15) is 17.5 Å². The average Bonchev–Trinajstić information content (AvgIpc) is 3.40. The molecule has 2 aliphatic rings. The van der Waals surface area contributed by atoms with E-state index in [0.29, 0.717) is 11.4 Å². The number of aryl methyl sites for hydroxylation is 1. The second kappa shape index (κ2) is 9.01. The lowest BCUT2D eigenvalue weighted by Gasteiger charge is -2.24. The number of benzene rings is 1. The Hall–Kier alpha value is -2.37. The van der Waals surface area contributed by atoms with Crippen molar-refractivity contribution in [1.82, 2.24) is 9.21 Å². The van der Waals surface area contributed by atoms with E-state index < -0.39 is 22.2 Å². The van der Waals surface area contributed by atoms with Crippen molar-refractivity contribution in [3.05, 3.63) is 54.0 Å². The quantitative estimate of drug-likeness (QED) is 0.753. The van der Waals surface area contributed by atoms with Gasteiger partial charge >= 0.3 is 12.1 Å². The highest BCUT2D eigenvalue weighted by molar-refractivity contribution is 7.89. The number of carbonyl (C=O) groups is 1. The summed E-state index contributed by atoms with van der Waals surface area (Å²) in [6.45, 7) is 4.21. The van der Waals surface area contributed by atoms with Gasteiger partial charge in [0.1, 0.15) is 11.5 Å². The predicted molar refractivity (Wildman–Crippen MR) is 105 cm³/mol. The Bertz CT molecular complexity index is 1010. The van der Waals surface area contributed by atoms with Crippen molar-refractivity contribution < 1.29 is 35.9 Å². The number of nitrogens with zero attached hydrogens (tertiary/aromatic N) is 2. The molecule has 1 aromatic carbocycles. The summed E-state index contributed by atoms with van der Waals surface area (Å²) in [6, 6.07) is 13.1. The smallest absolute Gasteiger partial charge is 0.475 e. The number of fused-ring (bicyclic) bond motifs is 1. The van der Waals surface area contributed by atoms with Gasteiger partial charge in [-0.1, -0.05) is 18.2 Å². The molecule has 170 valence electrons. The standard InChI is InChI=1S/C18H22N2O3S.C2HF3O2/c1-14-7-8-15(23-14)13-19-11-9-18-17(19)10-12-20(18)24(21,22)16-5-3-2-4-6-16;3-2(4,5)1(6)7/h2-8,17-18H,9-13H2,1H3;(H,6,7)/t17-,18+;/m0./s1. The minimum absolute atomic E-state index is 0.0752. The Morgan fingerprint density at radius 1 is 1.10 bits per heavy atom. The fourth-order valence-corrected chi connectivity index (χ4v) is 5.75. The van der Waals surface area contributed by atoms with Crippen molar-refractivity contribution in [3.63, 3.8) is 0 Å². The van der Waals surface area contributed by atoms with Gasteiger partial charge in [-0.3, -0.25) is 4.90 Å². The van der Waals surface area contributed by atoms with E-state index in [1.165, 1.54) is 0 Å². The zero-order valence-corrected chi connectivity index (χ0v) is 17.6. The van der Waals surface area contributed by atoms with Crippen LogP contribution in [0.5, 0.6) is 0 Å². The van der Waals surface area contributed by atoms with Crippen LogP contribution in [0.25, 0.3) is 0 Å². The number of alkyl halides is 3. The molecule has 0 radical (unpaired) electrons. The van der Waals surface area contributed by atoms with Crippen LogP contribution in [0.15, 0.2) is 51.8 Å². The van der Waals surface area contributed by atoms with Crippen LogP contribution in [0.3, 0.4) is 0 Å². The van der Waals surface area contributed by atoms with E-state index in [4.69, 9.17) is 14.3 Å². The lowest BCUT2D eigenvalue weighted by atomic mass is 10.1. The molecule has 31 heavy (non-hydrogen) atoms. The van der Waals surface area contributed by atoms with Gasteiger partial charge in [0.05, 0.1) is 11.4 Å². The summed E-state index contributed by atoms with van der Waals surface area (Å²) in [5.41, 5.74) is 0. The number of furan rings is 1. The van der Waals surface area contributed by atoms with Crippen molar-refractivity contribution in [2.45, 2.75) is 49.5 Å². The minimum Gasteiger partial charge on any atom is -0.475 e. The van der Waals surface area contributed by atoms with Crippen LogP contribution < -0.4 is 0 Å². The van der Waals surface area contributed by atoms with Gasteiger partial charge < -0.3 is 9.52 Å². The number of carboxylic acid groups (broad SMARTS) is 1. The molecule has 2 saturated heterocycles. The van der Waals surface area contributed by atoms with Gasteiger partial charge in [-0.05, 0) is 44.0 Å². The largest absolute Gasteiger partial charge is 0.490 e. The topological polar surface area (TPSA) is 91.1 Å². The Labute approximate surface area is 178 Å². The molecule has 1 N–H and O–H groups in total. The van der Waals surface area contributed by atoms with Gasteiger partial charge in [0, 0.05) is 25.2 Å². The number of hydrogen-bond donors (Lipinski definition) is 1. The number of rotatable bonds is 4. The Morgan fingerprint density at radius 3 is 2.26 bits per heavy atom. The highest BCUT2D eigenvalue weighted by atomic mass is 32.2. The molecular weight excluding hydrogens is 437 g/mol. The first-order valence-electron chi connectivity index (χ1n) is 9.66. The molecule has 7 nitrogen and oxygen atoms in total. The molecule has 4 rings (SSSR count). The first-order valence-corrected chi connectivity index (χ1v) is 11.1. The Balaban J connectivity index is 0.000000339. The SMILES string of the molecule is Cc1ccc(CN2CC[C@@H]3[C@@H]2CCN3S(=O)(=O)c2ccccc2)o1.O=C(O)C(F)(F)F. The summed E-state index contributed by atoms with van der Waals surface area (Å²) in [4.78, 5) is 11.7.